The molecule has 30 heavy (non-hydrogen) atoms. The number of morpholine rings is 1. The van der Waals surface area contributed by atoms with Crippen LogP contribution in [0, 0.1) is 0 Å². The smallest absolute Gasteiger partial charge is 0.255 e. The predicted octanol–water partition coefficient (Wildman–Crippen LogP) is 2.70. The molecule has 8 heteroatoms. The number of amides is 1. The number of benzene rings is 2. The first-order valence-electron chi connectivity index (χ1n) is 10.3. The zero-order valence-corrected chi connectivity index (χ0v) is 17.7. The van der Waals surface area contributed by atoms with E-state index in [4.69, 9.17) is 4.74 Å². The number of hydrogen-bond acceptors (Lipinski definition) is 5. The normalized spacial score (nSPS) is 17.8. The first-order chi connectivity index (χ1) is 14.5. The molecular formula is C22H27N3O4S. The average Bonchev–Trinajstić information content (AvgIpc) is 3.31. The standard InChI is InChI=1S/C22H27N3O4S/c26-22(23-20-7-9-21(10-8-20)24-13-15-29-16-14-24)19-5-3-18(4-6-19)17-30(27,28)25-11-1-2-12-25/h3-10H,1-2,11-17H2,(H,23,26). The Morgan fingerprint density at radius 3 is 2.17 bits per heavy atom. The maximum atomic E-state index is 12.5. The number of sulfonamides is 1. The Kier molecular flexibility index (Phi) is 6.36. The van der Waals surface area contributed by atoms with E-state index in [-0.39, 0.29) is 11.7 Å². The van der Waals surface area contributed by atoms with Gasteiger partial charge in [-0.1, -0.05) is 12.1 Å². The summed E-state index contributed by atoms with van der Waals surface area (Å²) in [6, 6.07) is 14.5. The highest BCUT2D eigenvalue weighted by Crippen LogP contribution is 2.20. The van der Waals surface area contributed by atoms with Gasteiger partial charge in [0.2, 0.25) is 10.0 Å². The Balaban J connectivity index is 1.35. The third-order valence-electron chi connectivity index (χ3n) is 5.53. The highest BCUT2D eigenvalue weighted by Gasteiger charge is 2.25. The number of rotatable bonds is 6. The fourth-order valence-corrected chi connectivity index (χ4v) is 5.41. The van der Waals surface area contributed by atoms with E-state index in [2.05, 4.69) is 10.2 Å². The van der Waals surface area contributed by atoms with Crippen LogP contribution in [0.25, 0.3) is 0 Å². The second kappa shape index (κ2) is 9.16. The van der Waals surface area contributed by atoms with Gasteiger partial charge >= 0.3 is 0 Å². The van der Waals surface area contributed by atoms with E-state index in [0.29, 0.717) is 24.2 Å². The van der Waals surface area contributed by atoms with Gasteiger partial charge in [0, 0.05) is 43.1 Å². The Morgan fingerprint density at radius 1 is 0.900 bits per heavy atom. The zero-order chi connectivity index (χ0) is 21.0. The monoisotopic (exact) mass is 429 g/mol. The highest BCUT2D eigenvalue weighted by atomic mass is 32.2. The fraction of sp³-hybridized carbons (Fsp3) is 0.409. The van der Waals surface area contributed by atoms with Gasteiger partial charge in [0.05, 0.1) is 19.0 Å². The fourth-order valence-electron chi connectivity index (χ4n) is 3.80. The molecule has 160 valence electrons. The van der Waals surface area contributed by atoms with Gasteiger partial charge < -0.3 is 15.0 Å². The van der Waals surface area contributed by atoms with Crippen molar-refractivity contribution in [1.29, 1.82) is 0 Å². The van der Waals surface area contributed by atoms with E-state index < -0.39 is 10.0 Å². The van der Waals surface area contributed by atoms with Crippen LogP contribution < -0.4 is 10.2 Å². The molecule has 2 saturated heterocycles. The quantitative estimate of drug-likeness (QED) is 0.764. The molecule has 1 amide bonds. The molecule has 2 aliphatic heterocycles. The van der Waals surface area contributed by atoms with Crippen molar-refractivity contribution in [2.75, 3.05) is 49.6 Å². The van der Waals surface area contributed by atoms with Crippen LogP contribution in [0.1, 0.15) is 28.8 Å². The Labute approximate surface area is 177 Å². The lowest BCUT2D eigenvalue weighted by atomic mass is 10.1. The summed E-state index contributed by atoms with van der Waals surface area (Å²) in [5.74, 6) is -0.249. The first kappa shape index (κ1) is 20.8. The number of nitrogens with zero attached hydrogens (tertiary/aromatic N) is 2. The predicted molar refractivity (Wildman–Crippen MR) is 117 cm³/mol. The minimum absolute atomic E-state index is 0.0299. The van der Waals surface area contributed by atoms with Gasteiger partial charge in [0.1, 0.15) is 0 Å². The van der Waals surface area contributed by atoms with Crippen LogP contribution in [-0.4, -0.2) is 58.0 Å². The van der Waals surface area contributed by atoms with Crippen molar-refractivity contribution in [3.8, 4) is 0 Å². The van der Waals surface area contributed by atoms with Crippen molar-refractivity contribution >= 4 is 27.3 Å². The number of carbonyl (C=O) groups is 1. The number of carbonyl (C=O) groups excluding carboxylic acids is 1. The SMILES string of the molecule is O=C(Nc1ccc(N2CCOCC2)cc1)c1ccc(CS(=O)(=O)N2CCCC2)cc1. The van der Waals surface area contributed by atoms with Crippen LogP contribution >= 0.6 is 0 Å². The number of nitrogens with one attached hydrogen (secondary N) is 1. The molecule has 0 saturated carbocycles. The second-order valence-corrected chi connectivity index (χ2v) is 9.63. The summed E-state index contributed by atoms with van der Waals surface area (Å²) < 4.78 is 31.8. The van der Waals surface area contributed by atoms with Crippen molar-refractivity contribution in [3.05, 3.63) is 59.7 Å². The summed E-state index contributed by atoms with van der Waals surface area (Å²) in [7, 11) is -3.29. The molecule has 0 radical (unpaired) electrons. The summed E-state index contributed by atoms with van der Waals surface area (Å²) >= 11 is 0. The maximum absolute atomic E-state index is 12.5. The van der Waals surface area contributed by atoms with Crippen LogP contribution in [0.15, 0.2) is 48.5 Å². The number of hydrogen-bond donors (Lipinski definition) is 1. The molecule has 0 unspecified atom stereocenters. The van der Waals surface area contributed by atoms with Crippen LogP contribution in [0.5, 0.6) is 0 Å². The molecule has 2 heterocycles. The van der Waals surface area contributed by atoms with Crippen LogP contribution in [0.2, 0.25) is 0 Å². The summed E-state index contributed by atoms with van der Waals surface area (Å²) in [5.41, 5.74) is 3.01. The van der Waals surface area contributed by atoms with Crippen LogP contribution in [0.4, 0.5) is 11.4 Å². The van der Waals surface area contributed by atoms with Gasteiger partial charge in [-0.15, -0.1) is 0 Å². The van der Waals surface area contributed by atoms with Crippen LogP contribution in [-0.2, 0) is 20.5 Å². The summed E-state index contributed by atoms with van der Waals surface area (Å²) in [5, 5.41) is 2.89. The van der Waals surface area contributed by atoms with Gasteiger partial charge in [-0.25, -0.2) is 12.7 Å². The van der Waals surface area contributed by atoms with Crippen molar-refractivity contribution in [1.82, 2.24) is 4.31 Å². The average molecular weight is 430 g/mol. The Bertz CT molecular complexity index is 962. The van der Waals surface area contributed by atoms with E-state index in [1.54, 1.807) is 28.6 Å². The molecule has 0 aromatic heterocycles. The van der Waals surface area contributed by atoms with E-state index in [1.165, 1.54) is 0 Å². The van der Waals surface area contributed by atoms with E-state index in [0.717, 1.165) is 50.5 Å². The largest absolute Gasteiger partial charge is 0.378 e. The Morgan fingerprint density at radius 2 is 1.53 bits per heavy atom. The lowest BCUT2D eigenvalue weighted by molar-refractivity contribution is 0.102. The van der Waals surface area contributed by atoms with Crippen molar-refractivity contribution in [2.24, 2.45) is 0 Å². The zero-order valence-electron chi connectivity index (χ0n) is 16.9. The summed E-state index contributed by atoms with van der Waals surface area (Å²) in [6.07, 6.45) is 1.84. The van der Waals surface area contributed by atoms with Crippen molar-refractivity contribution in [3.63, 3.8) is 0 Å². The molecule has 2 aromatic rings. The topological polar surface area (TPSA) is 79.0 Å². The molecule has 2 aliphatic rings. The molecule has 0 aliphatic carbocycles. The Hall–Kier alpha value is -2.42. The van der Waals surface area contributed by atoms with Gasteiger partial charge in [-0.3, -0.25) is 4.79 Å². The summed E-state index contributed by atoms with van der Waals surface area (Å²) in [6.45, 7) is 4.40. The van der Waals surface area contributed by atoms with Crippen molar-refractivity contribution in [2.45, 2.75) is 18.6 Å². The molecule has 4 rings (SSSR count). The molecule has 1 N–H and O–H groups in total. The van der Waals surface area contributed by atoms with Gasteiger partial charge in [0.25, 0.3) is 5.91 Å². The van der Waals surface area contributed by atoms with Gasteiger partial charge in [-0.2, -0.15) is 0 Å². The number of anilines is 2. The number of ether oxygens (including phenoxy) is 1. The van der Waals surface area contributed by atoms with Crippen molar-refractivity contribution < 1.29 is 17.9 Å². The molecule has 2 fully saturated rings. The van der Waals surface area contributed by atoms with Gasteiger partial charge in [0.15, 0.2) is 0 Å². The van der Waals surface area contributed by atoms with E-state index in [9.17, 15) is 13.2 Å². The molecule has 2 aromatic carbocycles. The lowest BCUT2D eigenvalue weighted by Crippen LogP contribution is -2.36. The van der Waals surface area contributed by atoms with E-state index in [1.807, 2.05) is 24.3 Å². The molecule has 0 atom stereocenters. The third-order valence-corrected chi connectivity index (χ3v) is 7.38. The third kappa shape index (κ3) is 5.00. The maximum Gasteiger partial charge on any atom is 0.255 e. The molecule has 0 bridgehead atoms. The lowest BCUT2D eigenvalue weighted by Gasteiger charge is -2.28. The first-order valence-corrected chi connectivity index (χ1v) is 11.9. The minimum atomic E-state index is -3.29. The molecule has 0 spiro atoms. The van der Waals surface area contributed by atoms with Crippen LogP contribution in [0.3, 0.4) is 0 Å². The highest BCUT2D eigenvalue weighted by molar-refractivity contribution is 7.88. The minimum Gasteiger partial charge on any atom is -0.378 e. The van der Waals surface area contributed by atoms with E-state index >= 15 is 0 Å². The molecular weight excluding hydrogens is 402 g/mol. The second-order valence-electron chi connectivity index (χ2n) is 7.66. The van der Waals surface area contributed by atoms with Gasteiger partial charge in [-0.05, 0) is 54.8 Å². The molecule has 7 nitrogen and oxygen atoms in total. The summed E-state index contributed by atoms with van der Waals surface area (Å²) in [4.78, 5) is 14.8.